The van der Waals surface area contributed by atoms with Crippen molar-refractivity contribution in [3.63, 3.8) is 0 Å². The van der Waals surface area contributed by atoms with Crippen LogP contribution in [-0.4, -0.2) is 37.5 Å². The second-order valence-corrected chi connectivity index (χ2v) is 7.76. The molecule has 0 aliphatic carbocycles. The van der Waals surface area contributed by atoms with Gasteiger partial charge in [0.15, 0.2) is 5.82 Å². The largest absolute Gasteiger partial charge is 0.337 e. The molecule has 26 heavy (non-hydrogen) atoms. The molecule has 9 heteroatoms. The molecule has 0 spiro atoms. The van der Waals surface area contributed by atoms with E-state index >= 15 is 0 Å². The minimum Gasteiger partial charge on any atom is -0.337 e. The van der Waals surface area contributed by atoms with Gasteiger partial charge in [-0.25, -0.2) is 4.98 Å². The van der Waals surface area contributed by atoms with Crippen LogP contribution in [0, 0.1) is 12.8 Å². The van der Waals surface area contributed by atoms with Crippen molar-refractivity contribution in [3.05, 3.63) is 38.8 Å². The fourth-order valence-electron chi connectivity index (χ4n) is 2.66. The standard InChI is InChI=1S/C17H21N5O3S/c1-9(2)6-11-19-12(25-20-11)7-21(4)17(24)14-10(3)13-15(26-14)18-8-22(5)16(13)23/h8-9H,6-7H2,1-5H3. The third kappa shape index (κ3) is 3.39. The van der Waals surface area contributed by atoms with E-state index in [4.69, 9.17) is 4.52 Å². The molecular formula is C17H21N5O3S. The van der Waals surface area contributed by atoms with Crippen molar-refractivity contribution in [2.75, 3.05) is 7.05 Å². The number of hydrogen-bond acceptors (Lipinski definition) is 7. The van der Waals surface area contributed by atoms with E-state index in [1.54, 1.807) is 21.0 Å². The summed E-state index contributed by atoms with van der Waals surface area (Å²) in [6.07, 6.45) is 2.19. The molecule has 0 radical (unpaired) electrons. The number of carbonyl (C=O) groups is 1. The van der Waals surface area contributed by atoms with Crippen LogP contribution in [0.25, 0.3) is 10.2 Å². The topological polar surface area (TPSA) is 94.1 Å². The molecule has 0 unspecified atom stereocenters. The molecule has 3 aromatic heterocycles. The Morgan fingerprint density at radius 3 is 2.85 bits per heavy atom. The third-order valence-corrected chi connectivity index (χ3v) is 5.21. The first-order chi connectivity index (χ1) is 12.3. The van der Waals surface area contributed by atoms with Gasteiger partial charge in [-0.1, -0.05) is 19.0 Å². The molecule has 0 N–H and O–H groups in total. The zero-order valence-electron chi connectivity index (χ0n) is 15.4. The number of aryl methyl sites for hydroxylation is 2. The Bertz CT molecular complexity index is 1020. The lowest BCUT2D eigenvalue weighted by Gasteiger charge is -2.14. The maximum absolute atomic E-state index is 12.8. The first-order valence-corrected chi connectivity index (χ1v) is 9.11. The Morgan fingerprint density at radius 2 is 2.15 bits per heavy atom. The van der Waals surface area contributed by atoms with Gasteiger partial charge in [0.2, 0.25) is 5.89 Å². The summed E-state index contributed by atoms with van der Waals surface area (Å²) in [5, 5.41) is 4.43. The average molecular weight is 375 g/mol. The van der Waals surface area contributed by atoms with Crippen molar-refractivity contribution in [3.8, 4) is 0 Å². The van der Waals surface area contributed by atoms with Gasteiger partial charge in [-0.3, -0.25) is 9.59 Å². The van der Waals surface area contributed by atoms with Crippen LogP contribution < -0.4 is 5.56 Å². The lowest BCUT2D eigenvalue weighted by atomic mass is 10.1. The number of nitrogens with zero attached hydrogens (tertiary/aromatic N) is 5. The van der Waals surface area contributed by atoms with Crippen molar-refractivity contribution in [2.45, 2.75) is 33.7 Å². The Labute approximate surface area is 154 Å². The molecule has 0 saturated carbocycles. The second kappa shape index (κ2) is 6.99. The van der Waals surface area contributed by atoms with Crippen LogP contribution in [0.5, 0.6) is 0 Å². The van der Waals surface area contributed by atoms with Crippen molar-refractivity contribution in [1.29, 1.82) is 0 Å². The molecule has 3 aromatic rings. The predicted octanol–water partition coefficient (Wildman–Crippen LogP) is 2.16. The van der Waals surface area contributed by atoms with Crippen LogP contribution in [0.2, 0.25) is 0 Å². The molecule has 0 aromatic carbocycles. The van der Waals surface area contributed by atoms with Gasteiger partial charge in [0.1, 0.15) is 11.4 Å². The lowest BCUT2D eigenvalue weighted by molar-refractivity contribution is 0.0774. The van der Waals surface area contributed by atoms with Gasteiger partial charge in [0.05, 0.1) is 16.6 Å². The van der Waals surface area contributed by atoms with E-state index in [9.17, 15) is 9.59 Å². The predicted molar refractivity (Wildman–Crippen MR) is 98.2 cm³/mol. The highest BCUT2D eigenvalue weighted by atomic mass is 32.1. The van der Waals surface area contributed by atoms with E-state index in [1.165, 1.54) is 27.1 Å². The average Bonchev–Trinajstić information content (AvgIpc) is 3.14. The Hall–Kier alpha value is -2.55. The Morgan fingerprint density at radius 1 is 1.42 bits per heavy atom. The summed E-state index contributed by atoms with van der Waals surface area (Å²) in [6, 6.07) is 0. The van der Waals surface area contributed by atoms with Crippen molar-refractivity contribution in [1.82, 2.24) is 24.6 Å². The maximum Gasteiger partial charge on any atom is 0.264 e. The van der Waals surface area contributed by atoms with E-state index < -0.39 is 0 Å². The molecule has 0 bridgehead atoms. The van der Waals surface area contributed by atoms with E-state index in [2.05, 4.69) is 29.0 Å². The summed E-state index contributed by atoms with van der Waals surface area (Å²) in [7, 11) is 3.31. The zero-order chi connectivity index (χ0) is 19.0. The highest BCUT2D eigenvalue weighted by Crippen LogP contribution is 2.28. The first kappa shape index (κ1) is 18.2. The molecule has 8 nitrogen and oxygen atoms in total. The zero-order valence-corrected chi connectivity index (χ0v) is 16.3. The number of thiophene rings is 1. The molecule has 0 aliphatic rings. The molecular weight excluding hydrogens is 354 g/mol. The molecule has 0 atom stereocenters. The lowest BCUT2D eigenvalue weighted by Crippen LogP contribution is -2.26. The van der Waals surface area contributed by atoms with Crippen LogP contribution in [0.3, 0.4) is 0 Å². The van der Waals surface area contributed by atoms with Crippen LogP contribution in [0.1, 0.15) is 40.8 Å². The van der Waals surface area contributed by atoms with E-state index in [1.807, 2.05) is 0 Å². The van der Waals surface area contributed by atoms with Gasteiger partial charge in [0.25, 0.3) is 11.5 Å². The van der Waals surface area contributed by atoms with Crippen molar-refractivity contribution < 1.29 is 9.32 Å². The quantitative estimate of drug-likeness (QED) is 0.678. The molecule has 0 fully saturated rings. The molecule has 0 aliphatic heterocycles. The summed E-state index contributed by atoms with van der Waals surface area (Å²) < 4.78 is 6.64. The number of hydrogen-bond donors (Lipinski definition) is 0. The fourth-order valence-corrected chi connectivity index (χ4v) is 3.80. The molecule has 0 saturated heterocycles. The van der Waals surface area contributed by atoms with Gasteiger partial charge in [0, 0.05) is 20.5 Å². The van der Waals surface area contributed by atoms with Crippen LogP contribution in [0.15, 0.2) is 15.6 Å². The summed E-state index contributed by atoms with van der Waals surface area (Å²) >= 11 is 1.23. The van der Waals surface area contributed by atoms with E-state index in [0.29, 0.717) is 38.3 Å². The smallest absolute Gasteiger partial charge is 0.264 e. The van der Waals surface area contributed by atoms with Crippen LogP contribution in [0.4, 0.5) is 0 Å². The number of carbonyl (C=O) groups excluding carboxylic acids is 1. The number of amides is 1. The van der Waals surface area contributed by atoms with Crippen molar-refractivity contribution in [2.24, 2.45) is 13.0 Å². The SMILES string of the molecule is Cc1c(C(=O)N(C)Cc2nc(CC(C)C)no2)sc2ncn(C)c(=O)c12. The Balaban J connectivity index is 1.84. The highest BCUT2D eigenvalue weighted by molar-refractivity contribution is 7.20. The fraction of sp³-hybridized carbons (Fsp3) is 0.471. The van der Waals surface area contributed by atoms with Gasteiger partial charge >= 0.3 is 0 Å². The number of fused-ring (bicyclic) bond motifs is 1. The molecule has 3 heterocycles. The summed E-state index contributed by atoms with van der Waals surface area (Å²) in [6.45, 7) is 6.14. The highest BCUT2D eigenvalue weighted by Gasteiger charge is 2.23. The van der Waals surface area contributed by atoms with Gasteiger partial charge in [-0.15, -0.1) is 11.3 Å². The third-order valence-electron chi connectivity index (χ3n) is 4.02. The van der Waals surface area contributed by atoms with E-state index in [-0.39, 0.29) is 18.0 Å². The van der Waals surface area contributed by atoms with Gasteiger partial charge in [-0.2, -0.15) is 4.98 Å². The first-order valence-electron chi connectivity index (χ1n) is 8.29. The maximum atomic E-state index is 12.8. The Kier molecular flexibility index (Phi) is 4.90. The normalized spacial score (nSPS) is 11.5. The summed E-state index contributed by atoms with van der Waals surface area (Å²) in [5.41, 5.74) is 0.502. The molecule has 3 rings (SSSR count). The van der Waals surface area contributed by atoms with Crippen LogP contribution >= 0.6 is 11.3 Å². The van der Waals surface area contributed by atoms with Crippen molar-refractivity contribution >= 4 is 27.5 Å². The monoisotopic (exact) mass is 375 g/mol. The minimum absolute atomic E-state index is 0.152. The number of rotatable bonds is 5. The molecule has 1 amide bonds. The van der Waals surface area contributed by atoms with Gasteiger partial charge in [-0.05, 0) is 18.4 Å². The summed E-state index contributed by atoms with van der Waals surface area (Å²) in [5.74, 6) is 1.26. The summed E-state index contributed by atoms with van der Waals surface area (Å²) in [4.78, 5) is 36.3. The molecule has 138 valence electrons. The van der Waals surface area contributed by atoms with Gasteiger partial charge < -0.3 is 14.0 Å². The van der Waals surface area contributed by atoms with E-state index in [0.717, 1.165) is 6.42 Å². The van der Waals surface area contributed by atoms with Crippen LogP contribution in [-0.2, 0) is 20.0 Å². The number of aromatic nitrogens is 4. The second-order valence-electron chi connectivity index (χ2n) is 6.76. The minimum atomic E-state index is -0.198.